The number of alkyl halides is 3. The molecule has 4 heterocycles. The number of nitrogens with two attached hydrogens (primary N) is 2. The second-order valence-corrected chi connectivity index (χ2v) is 12.3. The minimum Gasteiger partial charge on any atom is -0.402 e. The third-order valence-electron chi connectivity index (χ3n) is 8.41. The molecule has 0 saturated heterocycles. The van der Waals surface area contributed by atoms with Gasteiger partial charge < -0.3 is 30.4 Å². The van der Waals surface area contributed by atoms with Gasteiger partial charge in [-0.25, -0.2) is 26.3 Å². The second kappa shape index (κ2) is 17.1. The number of fused-ring (bicyclic) bond motifs is 2. The Morgan fingerprint density at radius 1 is 0.759 bits per heavy atom. The van der Waals surface area contributed by atoms with E-state index in [0.29, 0.717) is 43.7 Å². The predicted octanol–water partition coefficient (Wildman–Crippen LogP) is 3.45. The maximum atomic E-state index is 13.7. The molecule has 2 amide bonds. The van der Waals surface area contributed by atoms with Gasteiger partial charge in [0.1, 0.15) is 17.5 Å². The molecular weight excluding hydrogens is 778 g/mol. The molecule has 54 heavy (non-hydrogen) atoms. The van der Waals surface area contributed by atoms with Gasteiger partial charge in [0.2, 0.25) is 17.6 Å². The molecule has 0 spiro atoms. The Balaban J connectivity index is 0.000000238. The van der Waals surface area contributed by atoms with Crippen molar-refractivity contribution in [1.29, 1.82) is 0 Å². The van der Waals surface area contributed by atoms with Crippen LogP contribution in [0.1, 0.15) is 40.8 Å². The van der Waals surface area contributed by atoms with Crippen LogP contribution in [-0.4, -0.2) is 70.3 Å². The molecule has 1 unspecified atom stereocenters. The van der Waals surface area contributed by atoms with Gasteiger partial charge in [0.15, 0.2) is 34.9 Å². The Morgan fingerprint density at radius 3 is 1.93 bits per heavy atom. The maximum absolute atomic E-state index is 13.7. The summed E-state index contributed by atoms with van der Waals surface area (Å²) in [4.78, 5) is 27.5. The minimum atomic E-state index is -4.66. The number of amides is 2. The van der Waals surface area contributed by atoms with Crippen molar-refractivity contribution < 1.29 is 67.7 Å². The Kier molecular flexibility index (Phi) is 13.2. The number of aromatic nitrogens is 6. The molecule has 0 bridgehead atoms. The van der Waals surface area contributed by atoms with E-state index in [4.69, 9.17) is 11.5 Å². The van der Waals surface area contributed by atoms with Gasteiger partial charge >= 0.3 is 6.18 Å². The molecule has 22 heteroatoms. The van der Waals surface area contributed by atoms with Crippen LogP contribution >= 0.6 is 0 Å². The van der Waals surface area contributed by atoms with Crippen molar-refractivity contribution in [2.24, 2.45) is 11.5 Å². The largest absolute Gasteiger partial charge is 0.451 e. The zero-order chi connectivity index (χ0) is 38.8. The van der Waals surface area contributed by atoms with Crippen LogP contribution in [0, 0.1) is 41.8 Å². The van der Waals surface area contributed by atoms with Crippen molar-refractivity contribution in [3.05, 3.63) is 105 Å². The molecule has 4 N–H and O–H groups in total. The molecule has 4 aromatic rings. The van der Waals surface area contributed by atoms with Gasteiger partial charge in [-0.15, -0.1) is 20.4 Å². The third-order valence-corrected chi connectivity index (χ3v) is 8.41. The number of allylic oxidation sites excluding steroid dienone is 1. The molecule has 1 radical (unpaired) electrons. The number of hydrogen-bond acceptors (Lipinski definition) is 8. The molecule has 2 aromatic carbocycles. The number of halogens is 9. The monoisotopic (exact) mass is 809 g/mol. The smallest absolute Gasteiger partial charge is 0.402 e. The maximum Gasteiger partial charge on any atom is 0.451 e. The molecule has 2 aliphatic rings. The van der Waals surface area contributed by atoms with Crippen LogP contribution in [-0.2, 0) is 73.3 Å². The summed E-state index contributed by atoms with van der Waals surface area (Å²) >= 11 is 0. The van der Waals surface area contributed by atoms with Crippen LogP contribution < -0.4 is 11.5 Å². The van der Waals surface area contributed by atoms with Crippen molar-refractivity contribution in [2.45, 2.75) is 64.6 Å². The standard InChI is InChI=1S/C16H13F6N5O.C16H18F3N5O.V/c17-10-6-12(19)11(18)4-8(10)3-9(23)5-14(28)26-1-2-27-13(7-26)24-25-15(27)16(20,21)22;1-9-21-22-15-8-23(2-3-24(9)15)16(25)6-11(20)4-10-5-13(18)14(19)7-12(10)17;/h4-6H,1-3,7,23H2;5,7,11H,2-4,6,8,20H2,1H3;/b9-5-;;. The number of hydrogen-bond donors (Lipinski definition) is 2. The first kappa shape index (κ1) is 41.9. The summed E-state index contributed by atoms with van der Waals surface area (Å²) in [5.41, 5.74) is 11.2. The molecule has 0 aliphatic carbocycles. The Hall–Kier alpha value is -4.89. The number of benzene rings is 2. The summed E-state index contributed by atoms with van der Waals surface area (Å²) < 4.78 is 121. The minimum absolute atomic E-state index is 0. The summed E-state index contributed by atoms with van der Waals surface area (Å²) in [7, 11) is 0. The number of nitrogens with zero attached hydrogens (tertiary/aromatic N) is 8. The first-order valence-corrected chi connectivity index (χ1v) is 15.8. The molecule has 12 nitrogen and oxygen atoms in total. The molecule has 6 rings (SSSR count). The fourth-order valence-corrected chi connectivity index (χ4v) is 5.72. The van der Waals surface area contributed by atoms with E-state index in [1.807, 2.05) is 11.5 Å². The molecule has 289 valence electrons. The van der Waals surface area contributed by atoms with Gasteiger partial charge in [0, 0.05) is 87.5 Å². The van der Waals surface area contributed by atoms with E-state index >= 15 is 0 Å². The van der Waals surface area contributed by atoms with Crippen LogP contribution in [0.5, 0.6) is 0 Å². The van der Waals surface area contributed by atoms with Gasteiger partial charge in [-0.1, -0.05) is 0 Å². The van der Waals surface area contributed by atoms with E-state index in [1.165, 1.54) is 4.90 Å². The van der Waals surface area contributed by atoms with Gasteiger partial charge in [-0.2, -0.15) is 13.2 Å². The van der Waals surface area contributed by atoms with Crippen LogP contribution in [0.25, 0.3) is 0 Å². The van der Waals surface area contributed by atoms with E-state index in [0.717, 1.165) is 22.5 Å². The fraction of sp³-hybridized carbons (Fsp3) is 0.375. The van der Waals surface area contributed by atoms with Crippen molar-refractivity contribution in [2.75, 3.05) is 13.1 Å². The predicted molar refractivity (Wildman–Crippen MR) is 166 cm³/mol. The normalized spacial score (nSPS) is 14.8. The molecular formula is C32H31F9N10O2V. The Labute approximate surface area is 312 Å². The summed E-state index contributed by atoms with van der Waals surface area (Å²) in [6.45, 7) is 2.88. The van der Waals surface area contributed by atoms with E-state index in [1.54, 1.807) is 4.90 Å². The first-order valence-electron chi connectivity index (χ1n) is 15.8. The SMILES string of the molecule is Cc1nnc2n1CCN(C(=O)CC(N)Cc1cc(F)c(F)cc1F)C2.N/C(=C\C(=O)N1CCn2c(nnc2C(F)(F)F)C1)Cc1cc(F)c(F)cc1F.[V]. The summed E-state index contributed by atoms with van der Waals surface area (Å²) in [5, 5.41) is 14.6. The molecule has 2 aromatic heterocycles. The van der Waals surface area contributed by atoms with Crippen LogP contribution in [0.15, 0.2) is 36.0 Å². The summed E-state index contributed by atoms with van der Waals surface area (Å²) in [6, 6.07) is 1.57. The third kappa shape index (κ3) is 9.80. The van der Waals surface area contributed by atoms with Crippen molar-refractivity contribution in [3.8, 4) is 0 Å². The van der Waals surface area contributed by atoms with Crippen LogP contribution in [0.4, 0.5) is 39.5 Å². The zero-order valence-electron chi connectivity index (χ0n) is 28.2. The van der Waals surface area contributed by atoms with E-state index < -0.39 is 58.9 Å². The van der Waals surface area contributed by atoms with Crippen LogP contribution in [0.3, 0.4) is 0 Å². The molecule has 2 aliphatic heterocycles. The van der Waals surface area contributed by atoms with Crippen molar-refractivity contribution in [1.82, 2.24) is 39.3 Å². The van der Waals surface area contributed by atoms with Crippen molar-refractivity contribution >= 4 is 11.8 Å². The topological polar surface area (TPSA) is 154 Å². The van der Waals surface area contributed by atoms with Crippen molar-refractivity contribution in [3.63, 3.8) is 0 Å². The van der Waals surface area contributed by atoms with Gasteiger partial charge in [0.05, 0.1) is 13.1 Å². The number of rotatable bonds is 7. The van der Waals surface area contributed by atoms with E-state index in [-0.39, 0.29) is 86.0 Å². The van der Waals surface area contributed by atoms with E-state index in [9.17, 15) is 49.1 Å². The number of carbonyl (C=O) groups is 2. The summed E-state index contributed by atoms with van der Waals surface area (Å²) in [6.07, 6.45) is -4.13. The van der Waals surface area contributed by atoms with E-state index in [2.05, 4.69) is 20.4 Å². The second-order valence-electron chi connectivity index (χ2n) is 12.3. The average molecular weight is 810 g/mol. The molecule has 0 fully saturated rings. The fourth-order valence-electron chi connectivity index (χ4n) is 5.72. The number of aryl methyl sites for hydroxylation is 1. The Bertz CT molecular complexity index is 2050. The molecule has 0 saturated carbocycles. The van der Waals surface area contributed by atoms with Gasteiger partial charge in [0.25, 0.3) is 0 Å². The summed E-state index contributed by atoms with van der Waals surface area (Å²) in [5.74, 6) is -7.39. The van der Waals surface area contributed by atoms with Crippen LogP contribution in [0.2, 0.25) is 0 Å². The zero-order valence-corrected chi connectivity index (χ0v) is 29.6. The quantitative estimate of drug-likeness (QED) is 0.164. The average Bonchev–Trinajstić information content (AvgIpc) is 3.69. The van der Waals surface area contributed by atoms with Gasteiger partial charge in [-0.05, 0) is 36.6 Å². The molecule has 1 atom stereocenters. The number of carbonyl (C=O) groups excluding carboxylic acids is 2. The Morgan fingerprint density at radius 2 is 1.28 bits per heavy atom. The first-order chi connectivity index (χ1) is 24.9. The van der Waals surface area contributed by atoms with Gasteiger partial charge in [-0.3, -0.25) is 9.59 Å².